The van der Waals surface area contributed by atoms with E-state index in [0.717, 1.165) is 19.3 Å². The number of nitrogen functional groups attached to an aromatic ring is 1. The first-order valence-electron chi connectivity index (χ1n) is 9.59. The number of Topliss-reactive ketones (excluding diaryl/α,β-unsaturated/α-hetero) is 1. The lowest BCUT2D eigenvalue weighted by molar-refractivity contribution is -0.116. The van der Waals surface area contributed by atoms with E-state index >= 15 is 0 Å². The topological polar surface area (TPSA) is 108 Å². The highest BCUT2D eigenvalue weighted by atomic mass is 35.5. The molecule has 3 N–H and O–H groups in total. The molecule has 2 aromatic carbocycles. The normalized spacial score (nSPS) is 10.4. The molecular weight excluding hydrogens is 408 g/mol. The Bertz CT molecular complexity index is 912. The lowest BCUT2D eigenvalue weighted by atomic mass is 10.1. The molecule has 0 aromatic heterocycles. The van der Waals surface area contributed by atoms with E-state index in [1.807, 2.05) is 0 Å². The minimum atomic E-state index is -0.752. The summed E-state index contributed by atoms with van der Waals surface area (Å²) in [5.74, 6) is -0.997. The van der Waals surface area contributed by atoms with Gasteiger partial charge in [0.15, 0.2) is 12.4 Å². The maximum Gasteiger partial charge on any atom is 0.342 e. The summed E-state index contributed by atoms with van der Waals surface area (Å²) in [6.07, 6.45) is 3.36. The number of esters is 1. The number of amides is 1. The van der Waals surface area contributed by atoms with Crippen molar-refractivity contribution in [3.8, 4) is 5.75 Å². The van der Waals surface area contributed by atoms with Crippen LogP contribution in [0.2, 0.25) is 5.02 Å². The molecule has 30 heavy (non-hydrogen) atoms. The number of ketones is 1. The van der Waals surface area contributed by atoms with Gasteiger partial charge >= 0.3 is 5.97 Å². The van der Waals surface area contributed by atoms with Crippen LogP contribution in [0.5, 0.6) is 5.75 Å². The highest BCUT2D eigenvalue weighted by molar-refractivity contribution is 6.33. The number of ether oxygens (including phenoxy) is 2. The van der Waals surface area contributed by atoms with Crippen molar-refractivity contribution in [3.05, 3.63) is 52.5 Å². The van der Waals surface area contributed by atoms with E-state index in [0.29, 0.717) is 17.7 Å². The Kier molecular flexibility index (Phi) is 8.68. The molecule has 7 nitrogen and oxygen atoms in total. The van der Waals surface area contributed by atoms with Crippen molar-refractivity contribution < 1.29 is 23.9 Å². The number of unbranched alkanes of at least 4 members (excludes halogenated alkanes) is 2. The van der Waals surface area contributed by atoms with E-state index in [2.05, 4.69) is 12.2 Å². The molecule has 0 spiro atoms. The number of halogens is 1. The lowest BCUT2D eigenvalue weighted by Gasteiger charge is -2.10. The van der Waals surface area contributed by atoms with Gasteiger partial charge in [-0.1, -0.05) is 31.4 Å². The molecule has 1 amide bonds. The third-order valence-electron chi connectivity index (χ3n) is 4.37. The van der Waals surface area contributed by atoms with E-state index in [9.17, 15) is 14.4 Å². The smallest absolute Gasteiger partial charge is 0.342 e. The van der Waals surface area contributed by atoms with Crippen LogP contribution in [0.15, 0.2) is 36.4 Å². The van der Waals surface area contributed by atoms with E-state index in [1.165, 1.54) is 19.2 Å². The Morgan fingerprint density at radius 1 is 1.10 bits per heavy atom. The van der Waals surface area contributed by atoms with Crippen molar-refractivity contribution in [3.63, 3.8) is 0 Å². The Labute approximate surface area is 180 Å². The monoisotopic (exact) mass is 432 g/mol. The molecule has 0 atom stereocenters. The summed E-state index contributed by atoms with van der Waals surface area (Å²) in [7, 11) is 1.38. The summed E-state index contributed by atoms with van der Waals surface area (Å²) in [5, 5.41) is 2.97. The zero-order valence-corrected chi connectivity index (χ0v) is 17.8. The molecule has 0 bridgehead atoms. The number of hydrogen-bond donors (Lipinski definition) is 2. The van der Waals surface area contributed by atoms with Crippen molar-refractivity contribution >= 4 is 40.6 Å². The third kappa shape index (κ3) is 6.49. The summed E-state index contributed by atoms with van der Waals surface area (Å²) >= 11 is 5.95. The first-order chi connectivity index (χ1) is 14.3. The first-order valence-corrected chi connectivity index (χ1v) is 9.96. The molecule has 2 aromatic rings. The van der Waals surface area contributed by atoms with E-state index in [-0.39, 0.29) is 33.7 Å². The Morgan fingerprint density at radius 3 is 2.43 bits per heavy atom. The number of benzene rings is 2. The highest BCUT2D eigenvalue weighted by Gasteiger charge is 2.18. The van der Waals surface area contributed by atoms with Crippen LogP contribution in [-0.4, -0.2) is 31.4 Å². The van der Waals surface area contributed by atoms with Crippen LogP contribution in [-0.2, 0) is 9.53 Å². The zero-order chi connectivity index (χ0) is 22.1. The molecule has 0 radical (unpaired) electrons. The second-order valence-electron chi connectivity index (χ2n) is 6.66. The predicted octanol–water partition coefficient (Wildman–Crippen LogP) is 4.49. The molecule has 0 aliphatic heterocycles. The minimum absolute atomic E-state index is 0.0624. The number of hydrogen-bond acceptors (Lipinski definition) is 6. The third-order valence-corrected chi connectivity index (χ3v) is 4.70. The second-order valence-corrected chi connectivity index (χ2v) is 7.06. The van der Waals surface area contributed by atoms with Gasteiger partial charge in [0, 0.05) is 23.7 Å². The first kappa shape index (κ1) is 23.2. The Hall–Kier alpha value is -3.06. The average molecular weight is 433 g/mol. The fourth-order valence-corrected chi connectivity index (χ4v) is 2.85. The van der Waals surface area contributed by atoms with Crippen LogP contribution >= 0.6 is 11.6 Å². The highest BCUT2D eigenvalue weighted by Crippen LogP contribution is 2.29. The number of nitrogens with one attached hydrogen (secondary N) is 1. The Morgan fingerprint density at radius 2 is 1.80 bits per heavy atom. The fraction of sp³-hybridized carbons (Fsp3) is 0.318. The number of methoxy groups -OCH3 is 1. The van der Waals surface area contributed by atoms with Gasteiger partial charge in [-0.25, -0.2) is 4.79 Å². The van der Waals surface area contributed by atoms with Crippen LogP contribution in [0, 0.1) is 0 Å². The SMILES string of the molecule is CCCCCC(=O)Nc1ccc(C(=O)COC(=O)c2cc(Cl)c(N)cc2OC)cc1. The average Bonchev–Trinajstić information content (AvgIpc) is 2.74. The molecule has 0 heterocycles. The van der Waals surface area contributed by atoms with Gasteiger partial charge in [-0.15, -0.1) is 0 Å². The number of carbonyl (C=O) groups excluding carboxylic acids is 3. The molecule has 0 saturated carbocycles. The van der Waals surface area contributed by atoms with Crippen molar-refractivity contribution in [1.82, 2.24) is 0 Å². The van der Waals surface area contributed by atoms with Gasteiger partial charge in [-0.2, -0.15) is 0 Å². The fourth-order valence-electron chi connectivity index (χ4n) is 2.69. The van der Waals surface area contributed by atoms with E-state index < -0.39 is 12.6 Å². The quantitative estimate of drug-likeness (QED) is 0.248. The summed E-state index contributed by atoms with van der Waals surface area (Å²) in [6, 6.07) is 9.15. The molecule has 0 saturated heterocycles. The number of rotatable bonds is 10. The van der Waals surface area contributed by atoms with Gasteiger partial charge in [0.05, 0.1) is 17.8 Å². The molecule has 0 fully saturated rings. The molecular formula is C22H25ClN2O5. The maximum absolute atomic E-state index is 12.3. The second kappa shape index (κ2) is 11.2. The van der Waals surface area contributed by atoms with Gasteiger partial charge < -0.3 is 20.5 Å². The molecule has 8 heteroatoms. The van der Waals surface area contributed by atoms with Crippen LogP contribution in [0.4, 0.5) is 11.4 Å². The van der Waals surface area contributed by atoms with Gasteiger partial charge in [-0.05, 0) is 36.8 Å². The summed E-state index contributed by atoms with van der Waals surface area (Å²) in [6.45, 7) is 1.62. The number of carbonyl (C=O) groups is 3. The molecule has 0 unspecified atom stereocenters. The number of anilines is 2. The van der Waals surface area contributed by atoms with Crippen molar-refractivity contribution in [2.75, 3.05) is 24.8 Å². The van der Waals surface area contributed by atoms with Crippen LogP contribution in [0.25, 0.3) is 0 Å². The van der Waals surface area contributed by atoms with Crippen LogP contribution < -0.4 is 15.8 Å². The van der Waals surface area contributed by atoms with Gasteiger partial charge in [0.1, 0.15) is 11.3 Å². The minimum Gasteiger partial charge on any atom is -0.496 e. The van der Waals surface area contributed by atoms with Gasteiger partial charge in [-0.3, -0.25) is 9.59 Å². The predicted molar refractivity (Wildman–Crippen MR) is 116 cm³/mol. The van der Waals surface area contributed by atoms with Gasteiger partial charge in [0.2, 0.25) is 5.91 Å². The lowest BCUT2D eigenvalue weighted by Crippen LogP contribution is -2.15. The van der Waals surface area contributed by atoms with Crippen LogP contribution in [0.3, 0.4) is 0 Å². The number of nitrogens with two attached hydrogens (primary N) is 1. The standard InChI is InChI=1S/C22H25ClN2O5/c1-3-4-5-6-21(27)25-15-9-7-14(8-10-15)19(26)13-30-22(28)16-11-17(23)18(24)12-20(16)29-2/h7-12H,3-6,13,24H2,1-2H3,(H,25,27). The van der Waals surface area contributed by atoms with Crippen molar-refractivity contribution in [2.45, 2.75) is 32.6 Å². The van der Waals surface area contributed by atoms with Gasteiger partial charge in [0.25, 0.3) is 0 Å². The summed E-state index contributed by atoms with van der Waals surface area (Å²) in [5.41, 5.74) is 6.99. The molecule has 160 valence electrons. The largest absolute Gasteiger partial charge is 0.496 e. The summed E-state index contributed by atoms with van der Waals surface area (Å²) in [4.78, 5) is 36.5. The maximum atomic E-state index is 12.3. The molecule has 0 aliphatic carbocycles. The molecule has 2 rings (SSSR count). The summed E-state index contributed by atoms with van der Waals surface area (Å²) < 4.78 is 10.2. The van der Waals surface area contributed by atoms with Crippen LogP contribution in [0.1, 0.15) is 53.3 Å². The van der Waals surface area contributed by atoms with Crippen molar-refractivity contribution in [1.29, 1.82) is 0 Å². The van der Waals surface area contributed by atoms with Crippen molar-refractivity contribution in [2.24, 2.45) is 0 Å². The molecule has 0 aliphatic rings. The Balaban J connectivity index is 1.93. The zero-order valence-electron chi connectivity index (χ0n) is 17.0. The van der Waals surface area contributed by atoms with E-state index in [1.54, 1.807) is 24.3 Å². The van der Waals surface area contributed by atoms with E-state index in [4.69, 9.17) is 26.8 Å².